The zero-order valence-electron chi connectivity index (χ0n) is 9.77. The zero-order chi connectivity index (χ0) is 11.8. The lowest BCUT2D eigenvalue weighted by Crippen LogP contribution is -2.31. The Morgan fingerprint density at radius 3 is 3.06 bits per heavy atom. The molecule has 0 aliphatic carbocycles. The molecule has 17 heavy (non-hydrogen) atoms. The summed E-state index contributed by atoms with van der Waals surface area (Å²) in [5.74, 6) is 2.09. The maximum Gasteiger partial charge on any atom is 0.183 e. The average molecular weight is 232 g/mol. The third-order valence-corrected chi connectivity index (χ3v) is 3.33. The Morgan fingerprint density at radius 1 is 1.41 bits per heavy atom. The summed E-state index contributed by atoms with van der Waals surface area (Å²) in [5.41, 5.74) is 7.17. The molecule has 2 aromatic rings. The van der Waals surface area contributed by atoms with Crippen LogP contribution in [-0.2, 0) is 0 Å². The van der Waals surface area contributed by atoms with Crippen molar-refractivity contribution in [3.63, 3.8) is 0 Å². The van der Waals surface area contributed by atoms with Crippen LogP contribution in [0.2, 0.25) is 0 Å². The number of piperidine rings is 1. The van der Waals surface area contributed by atoms with E-state index in [-0.39, 0.29) is 6.04 Å². The number of fused-ring (bicyclic) bond motifs is 1. The summed E-state index contributed by atoms with van der Waals surface area (Å²) in [6, 6.07) is 0.271. The Balaban J connectivity index is 1.97. The molecule has 2 atom stereocenters. The first-order chi connectivity index (χ1) is 8.24. The highest BCUT2D eigenvalue weighted by atomic mass is 15.1. The van der Waals surface area contributed by atoms with Gasteiger partial charge in [0.15, 0.2) is 11.5 Å². The van der Waals surface area contributed by atoms with E-state index in [9.17, 15) is 0 Å². The second-order valence-corrected chi connectivity index (χ2v) is 4.72. The van der Waals surface area contributed by atoms with Crippen molar-refractivity contribution in [2.45, 2.75) is 25.8 Å². The van der Waals surface area contributed by atoms with E-state index in [0.29, 0.717) is 11.5 Å². The summed E-state index contributed by atoms with van der Waals surface area (Å²) in [5, 5.41) is 3.46. The number of hydrogen-bond acceptors (Lipinski definition) is 5. The van der Waals surface area contributed by atoms with Crippen molar-refractivity contribution >= 4 is 17.0 Å². The predicted octanol–water partition coefficient (Wildman–Crippen LogP) is 0.996. The number of hydrogen-bond donors (Lipinski definition) is 3. The topological polar surface area (TPSA) is 92.5 Å². The molecule has 0 saturated carbocycles. The lowest BCUT2D eigenvalue weighted by molar-refractivity contribution is 0.317. The molecule has 0 spiro atoms. The van der Waals surface area contributed by atoms with Crippen LogP contribution in [0, 0.1) is 5.92 Å². The molecule has 90 valence electrons. The number of nitrogens with zero attached hydrogens (tertiary/aromatic N) is 3. The number of nitrogens with one attached hydrogen (secondary N) is 2. The summed E-state index contributed by atoms with van der Waals surface area (Å²) in [4.78, 5) is 15.8. The number of imidazole rings is 1. The first-order valence-electron chi connectivity index (χ1n) is 5.93. The van der Waals surface area contributed by atoms with Gasteiger partial charge in [0.1, 0.15) is 17.7 Å². The molecule has 1 aliphatic heterocycles. The number of rotatable bonds is 1. The minimum Gasteiger partial charge on any atom is -0.382 e. The van der Waals surface area contributed by atoms with Gasteiger partial charge in [-0.05, 0) is 25.3 Å². The zero-order valence-corrected chi connectivity index (χ0v) is 9.77. The Labute approximate surface area is 99.1 Å². The Hall–Kier alpha value is -1.69. The molecule has 2 aromatic heterocycles. The summed E-state index contributed by atoms with van der Waals surface area (Å²) in [6.45, 7) is 3.30. The first-order valence-corrected chi connectivity index (χ1v) is 5.93. The first kappa shape index (κ1) is 10.5. The van der Waals surface area contributed by atoms with E-state index in [1.54, 1.807) is 0 Å². The maximum atomic E-state index is 5.78. The van der Waals surface area contributed by atoms with Gasteiger partial charge in [0.2, 0.25) is 0 Å². The lowest BCUT2D eigenvalue weighted by atomic mass is 9.94. The number of nitrogens with two attached hydrogens (primary N) is 1. The van der Waals surface area contributed by atoms with E-state index < -0.39 is 0 Å². The number of nitrogen functional groups attached to an aromatic ring is 1. The van der Waals surface area contributed by atoms with Crippen molar-refractivity contribution in [3.8, 4) is 0 Å². The molecule has 3 heterocycles. The molecule has 1 aliphatic rings. The van der Waals surface area contributed by atoms with E-state index in [1.807, 2.05) is 0 Å². The van der Waals surface area contributed by atoms with Crippen LogP contribution in [-0.4, -0.2) is 26.5 Å². The summed E-state index contributed by atoms with van der Waals surface area (Å²) in [7, 11) is 0. The maximum absolute atomic E-state index is 5.78. The van der Waals surface area contributed by atoms with E-state index >= 15 is 0 Å². The van der Waals surface area contributed by atoms with Gasteiger partial charge in [-0.3, -0.25) is 0 Å². The molecule has 1 saturated heterocycles. The van der Waals surface area contributed by atoms with E-state index in [0.717, 1.165) is 30.2 Å². The Kier molecular flexibility index (Phi) is 2.44. The summed E-state index contributed by atoms with van der Waals surface area (Å²) >= 11 is 0. The molecule has 0 aromatic carbocycles. The fourth-order valence-corrected chi connectivity index (χ4v) is 2.35. The van der Waals surface area contributed by atoms with Crippen LogP contribution in [0.15, 0.2) is 6.33 Å². The van der Waals surface area contributed by atoms with Crippen LogP contribution in [0.1, 0.15) is 31.6 Å². The fourth-order valence-electron chi connectivity index (χ4n) is 2.35. The van der Waals surface area contributed by atoms with Crippen molar-refractivity contribution < 1.29 is 0 Å². The minimum atomic E-state index is 0.271. The summed E-state index contributed by atoms with van der Waals surface area (Å²) < 4.78 is 0. The van der Waals surface area contributed by atoms with Crippen molar-refractivity contribution in [1.29, 1.82) is 0 Å². The Morgan fingerprint density at radius 2 is 2.29 bits per heavy atom. The van der Waals surface area contributed by atoms with Crippen LogP contribution in [0.5, 0.6) is 0 Å². The number of anilines is 1. The Bertz CT molecular complexity index is 534. The van der Waals surface area contributed by atoms with Gasteiger partial charge in [-0.1, -0.05) is 6.92 Å². The lowest BCUT2D eigenvalue weighted by Gasteiger charge is -2.26. The van der Waals surface area contributed by atoms with E-state index in [4.69, 9.17) is 5.73 Å². The molecular formula is C11H16N6. The smallest absolute Gasteiger partial charge is 0.183 e. The SMILES string of the molecule is CC1CCNC(c2nc3ncnc(N)c3[nH]2)C1. The molecule has 2 unspecified atom stereocenters. The molecule has 0 radical (unpaired) electrons. The highest BCUT2D eigenvalue weighted by Gasteiger charge is 2.23. The van der Waals surface area contributed by atoms with Gasteiger partial charge < -0.3 is 16.0 Å². The van der Waals surface area contributed by atoms with Crippen LogP contribution < -0.4 is 11.1 Å². The molecule has 6 heteroatoms. The minimum absolute atomic E-state index is 0.271. The normalized spacial score (nSPS) is 25.2. The molecule has 6 nitrogen and oxygen atoms in total. The van der Waals surface area contributed by atoms with Crippen molar-refractivity contribution in [2.24, 2.45) is 5.92 Å². The van der Waals surface area contributed by atoms with Crippen molar-refractivity contribution in [1.82, 2.24) is 25.3 Å². The van der Waals surface area contributed by atoms with Gasteiger partial charge in [-0.2, -0.15) is 0 Å². The average Bonchev–Trinajstić information content (AvgIpc) is 2.74. The molecule has 0 bridgehead atoms. The largest absolute Gasteiger partial charge is 0.382 e. The number of aromatic nitrogens is 4. The van der Waals surface area contributed by atoms with Crippen LogP contribution in [0.4, 0.5) is 5.82 Å². The molecule has 4 N–H and O–H groups in total. The number of aromatic amines is 1. The van der Waals surface area contributed by atoms with Crippen LogP contribution in [0.25, 0.3) is 11.2 Å². The van der Waals surface area contributed by atoms with E-state index in [1.165, 1.54) is 12.7 Å². The van der Waals surface area contributed by atoms with Gasteiger partial charge in [0.25, 0.3) is 0 Å². The fraction of sp³-hybridized carbons (Fsp3) is 0.545. The third-order valence-electron chi connectivity index (χ3n) is 3.33. The van der Waals surface area contributed by atoms with Crippen molar-refractivity contribution in [3.05, 3.63) is 12.2 Å². The second-order valence-electron chi connectivity index (χ2n) is 4.72. The van der Waals surface area contributed by atoms with Gasteiger partial charge in [0, 0.05) is 0 Å². The molecular weight excluding hydrogens is 216 g/mol. The second kappa shape index (κ2) is 3.96. The predicted molar refractivity (Wildman–Crippen MR) is 65.2 cm³/mol. The standard InChI is InChI=1S/C11H16N6/c1-6-2-3-13-7(4-6)10-16-8-9(12)14-5-15-11(8)17-10/h5-7,13H,2-4H2,1H3,(H3,12,14,15,16,17). The molecule has 3 rings (SSSR count). The molecule has 1 fully saturated rings. The molecule has 0 amide bonds. The highest BCUT2D eigenvalue weighted by molar-refractivity contribution is 5.81. The van der Waals surface area contributed by atoms with Gasteiger partial charge in [-0.25, -0.2) is 15.0 Å². The number of H-pyrrole nitrogens is 1. The monoisotopic (exact) mass is 232 g/mol. The third kappa shape index (κ3) is 1.84. The van der Waals surface area contributed by atoms with E-state index in [2.05, 4.69) is 32.2 Å². The van der Waals surface area contributed by atoms with Gasteiger partial charge in [0.05, 0.1) is 6.04 Å². The quantitative estimate of drug-likeness (QED) is 0.682. The van der Waals surface area contributed by atoms with Gasteiger partial charge in [-0.15, -0.1) is 0 Å². The highest BCUT2D eigenvalue weighted by Crippen LogP contribution is 2.26. The summed E-state index contributed by atoms with van der Waals surface area (Å²) in [6.07, 6.45) is 3.75. The van der Waals surface area contributed by atoms with Crippen LogP contribution >= 0.6 is 0 Å². The van der Waals surface area contributed by atoms with Crippen LogP contribution in [0.3, 0.4) is 0 Å². The van der Waals surface area contributed by atoms with Gasteiger partial charge >= 0.3 is 0 Å². The van der Waals surface area contributed by atoms with Crippen molar-refractivity contribution in [2.75, 3.05) is 12.3 Å².